The van der Waals surface area contributed by atoms with Crippen LogP contribution in [0.4, 0.5) is 0 Å². The van der Waals surface area contributed by atoms with E-state index >= 15 is 0 Å². The van der Waals surface area contributed by atoms with E-state index in [-0.39, 0.29) is 31.1 Å². The van der Waals surface area contributed by atoms with Crippen LogP contribution in [0.1, 0.15) is 303 Å². The summed E-state index contributed by atoms with van der Waals surface area (Å²) < 4.78 is 16.9. The lowest BCUT2D eigenvalue weighted by molar-refractivity contribution is -0.167. The number of hydrogen-bond acceptors (Lipinski definition) is 6. The van der Waals surface area contributed by atoms with Crippen LogP contribution in [0.3, 0.4) is 0 Å². The Morgan fingerprint density at radius 1 is 0.273 bits per heavy atom. The van der Waals surface area contributed by atoms with Crippen LogP contribution in [0, 0.1) is 0 Å². The predicted molar refractivity (Wildman–Crippen MR) is 334 cm³/mol. The highest BCUT2D eigenvalue weighted by Gasteiger charge is 2.19. The molecule has 0 aliphatic carbocycles. The molecule has 0 aromatic rings. The Morgan fingerprint density at radius 2 is 0.519 bits per heavy atom. The first-order chi connectivity index (χ1) is 38.0. The predicted octanol–water partition coefficient (Wildman–Crippen LogP) is 22.2. The number of unbranched alkanes of at least 4 members (excludes halogenated alkanes) is 29. The number of ether oxygens (including phenoxy) is 3. The van der Waals surface area contributed by atoms with Gasteiger partial charge in [-0.3, -0.25) is 14.4 Å². The Morgan fingerprint density at radius 3 is 0.844 bits per heavy atom. The van der Waals surface area contributed by atoms with Gasteiger partial charge in [0.05, 0.1) is 0 Å². The van der Waals surface area contributed by atoms with Crippen LogP contribution in [0.2, 0.25) is 0 Å². The van der Waals surface area contributed by atoms with Crippen molar-refractivity contribution in [3.63, 3.8) is 0 Å². The molecule has 0 aromatic carbocycles. The van der Waals surface area contributed by atoms with E-state index in [4.69, 9.17) is 14.2 Å². The number of carbonyl (C=O) groups excluding carboxylic acids is 3. The number of carbonyl (C=O) groups is 3. The van der Waals surface area contributed by atoms with E-state index in [1.54, 1.807) is 0 Å². The molecule has 1 atom stereocenters. The van der Waals surface area contributed by atoms with Gasteiger partial charge in [-0.05, 0) is 122 Å². The molecule has 77 heavy (non-hydrogen) atoms. The highest BCUT2D eigenvalue weighted by atomic mass is 16.6. The maximum atomic E-state index is 12.9. The maximum Gasteiger partial charge on any atom is 0.306 e. The Balaban J connectivity index is 4.31. The van der Waals surface area contributed by atoms with E-state index in [0.29, 0.717) is 19.3 Å². The average Bonchev–Trinajstić information content (AvgIpc) is 3.43. The number of hydrogen-bond donors (Lipinski definition) is 0. The lowest BCUT2D eigenvalue weighted by Crippen LogP contribution is -2.30. The van der Waals surface area contributed by atoms with Crippen molar-refractivity contribution in [2.24, 2.45) is 0 Å². The van der Waals surface area contributed by atoms with Gasteiger partial charge >= 0.3 is 17.9 Å². The van der Waals surface area contributed by atoms with Gasteiger partial charge in [0, 0.05) is 19.3 Å². The largest absolute Gasteiger partial charge is 0.462 e. The van der Waals surface area contributed by atoms with Crippen molar-refractivity contribution < 1.29 is 28.6 Å². The second-order valence-electron chi connectivity index (χ2n) is 21.3. The van der Waals surface area contributed by atoms with Gasteiger partial charge in [0.15, 0.2) is 6.10 Å². The first-order valence-electron chi connectivity index (χ1n) is 32.4. The minimum absolute atomic E-state index is 0.0868. The van der Waals surface area contributed by atoms with Crippen LogP contribution in [0.5, 0.6) is 0 Å². The quantitative estimate of drug-likeness (QED) is 0.0261. The number of allylic oxidation sites excluding steroid dienone is 18. The van der Waals surface area contributed by atoms with Gasteiger partial charge in [0.25, 0.3) is 0 Å². The summed E-state index contributed by atoms with van der Waals surface area (Å²) >= 11 is 0. The molecule has 0 radical (unpaired) electrons. The summed E-state index contributed by atoms with van der Waals surface area (Å²) in [5.74, 6) is -0.902. The molecular formula is C71H120O6. The first-order valence-corrected chi connectivity index (χ1v) is 32.4. The fraction of sp³-hybridized carbons (Fsp3) is 0.704. The molecule has 0 saturated heterocycles. The lowest BCUT2D eigenvalue weighted by Gasteiger charge is -2.18. The highest BCUT2D eigenvalue weighted by molar-refractivity contribution is 5.71. The highest BCUT2D eigenvalue weighted by Crippen LogP contribution is 2.16. The zero-order valence-corrected chi connectivity index (χ0v) is 50.4. The Hall–Kier alpha value is -3.93. The third kappa shape index (κ3) is 62.8. The summed E-state index contributed by atoms with van der Waals surface area (Å²) in [6, 6.07) is 0. The van der Waals surface area contributed by atoms with E-state index in [2.05, 4.69) is 130 Å². The van der Waals surface area contributed by atoms with Crippen molar-refractivity contribution in [1.82, 2.24) is 0 Å². The standard InChI is InChI=1S/C71H120O6/c1-4-7-10-13-16-19-22-24-26-28-30-32-33-34-35-36-37-39-40-42-44-46-49-52-55-58-61-64-70(73)76-67-68(66-75-69(72)63-60-57-54-51-48-21-18-15-12-9-6-3)77-71(74)65-62-59-56-53-50-47-45-43-41-38-31-29-27-25-23-20-17-14-11-8-5-2/h7,10,15-16,18-19,23-26,29-32,34-35,37,39,68H,4-6,8-9,11-14,17,20-22,27-28,33,36,38,40-67H2,1-3H3/b10-7-,18-15-,19-16-,25-23-,26-24-,31-29-,32-30-,35-34-,39-37-. The molecular weight excluding hydrogens is 949 g/mol. The van der Waals surface area contributed by atoms with Gasteiger partial charge in [-0.2, -0.15) is 0 Å². The van der Waals surface area contributed by atoms with Crippen LogP contribution in [0.15, 0.2) is 109 Å². The molecule has 0 aliphatic rings. The molecule has 0 amide bonds. The molecule has 0 aliphatic heterocycles. The second-order valence-corrected chi connectivity index (χ2v) is 21.3. The molecule has 440 valence electrons. The van der Waals surface area contributed by atoms with Gasteiger partial charge < -0.3 is 14.2 Å². The molecule has 6 heteroatoms. The molecule has 0 spiro atoms. The van der Waals surface area contributed by atoms with Crippen LogP contribution in [-0.2, 0) is 28.6 Å². The fourth-order valence-corrected chi connectivity index (χ4v) is 8.87. The number of rotatable bonds is 58. The summed E-state index contributed by atoms with van der Waals surface area (Å²) in [5, 5.41) is 0. The van der Waals surface area contributed by atoms with E-state index in [1.165, 1.54) is 148 Å². The minimum Gasteiger partial charge on any atom is -0.462 e. The van der Waals surface area contributed by atoms with Crippen LogP contribution in [0.25, 0.3) is 0 Å². The van der Waals surface area contributed by atoms with Crippen molar-refractivity contribution >= 4 is 17.9 Å². The summed E-state index contributed by atoms with van der Waals surface area (Å²) in [5.41, 5.74) is 0. The van der Waals surface area contributed by atoms with Gasteiger partial charge in [-0.1, -0.05) is 271 Å². The molecule has 0 fully saturated rings. The van der Waals surface area contributed by atoms with Gasteiger partial charge in [0.2, 0.25) is 0 Å². The molecule has 0 saturated carbocycles. The lowest BCUT2D eigenvalue weighted by atomic mass is 10.1. The van der Waals surface area contributed by atoms with Crippen LogP contribution < -0.4 is 0 Å². The second kappa shape index (κ2) is 64.6. The molecule has 0 rings (SSSR count). The molecule has 0 N–H and O–H groups in total. The fourth-order valence-electron chi connectivity index (χ4n) is 8.87. The normalized spacial score (nSPS) is 12.8. The van der Waals surface area contributed by atoms with Crippen molar-refractivity contribution in [3.05, 3.63) is 109 Å². The van der Waals surface area contributed by atoms with Gasteiger partial charge in [-0.15, -0.1) is 0 Å². The van der Waals surface area contributed by atoms with E-state index in [1.807, 2.05) is 0 Å². The molecule has 0 bridgehead atoms. The summed E-state index contributed by atoms with van der Waals surface area (Å²) in [6.45, 7) is 6.48. The van der Waals surface area contributed by atoms with Crippen LogP contribution in [-0.4, -0.2) is 37.2 Å². The summed E-state index contributed by atoms with van der Waals surface area (Å²) in [4.78, 5) is 38.3. The van der Waals surface area contributed by atoms with Crippen molar-refractivity contribution in [3.8, 4) is 0 Å². The van der Waals surface area contributed by atoms with Crippen molar-refractivity contribution in [2.45, 2.75) is 309 Å². The zero-order chi connectivity index (χ0) is 55.7. The van der Waals surface area contributed by atoms with E-state index < -0.39 is 6.10 Å². The van der Waals surface area contributed by atoms with Crippen LogP contribution >= 0.6 is 0 Å². The molecule has 0 heterocycles. The molecule has 0 aromatic heterocycles. The third-order valence-electron chi connectivity index (χ3n) is 13.7. The van der Waals surface area contributed by atoms with E-state index in [9.17, 15) is 14.4 Å². The Bertz CT molecular complexity index is 1560. The SMILES string of the molecule is CC/C=C\C/C=C\C/C=C\C/C=C\C/C=C\C/C=C\CCCCCCCCCCC(=O)OCC(COC(=O)CCCCCCC/C=C\CCCC)OC(=O)CCCCCCCCCCC/C=C\C/C=C\CCCCCCC. The molecule has 1 unspecified atom stereocenters. The average molecular weight is 1070 g/mol. The van der Waals surface area contributed by atoms with Crippen molar-refractivity contribution in [1.29, 1.82) is 0 Å². The van der Waals surface area contributed by atoms with Gasteiger partial charge in [-0.25, -0.2) is 0 Å². The number of esters is 3. The Labute approximate surface area is 476 Å². The Kier molecular flexibility index (Phi) is 61.3. The minimum atomic E-state index is -0.789. The summed E-state index contributed by atoms with van der Waals surface area (Å²) in [7, 11) is 0. The first kappa shape index (κ1) is 73.1. The smallest absolute Gasteiger partial charge is 0.306 e. The summed E-state index contributed by atoms with van der Waals surface area (Å²) in [6.07, 6.45) is 88.1. The molecule has 6 nitrogen and oxygen atoms in total. The van der Waals surface area contributed by atoms with Crippen molar-refractivity contribution in [2.75, 3.05) is 13.2 Å². The van der Waals surface area contributed by atoms with Gasteiger partial charge in [0.1, 0.15) is 13.2 Å². The monoisotopic (exact) mass is 1070 g/mol. The topological polar surface area (TPSA) is 78.9 Å². The third-order valence-corrected chi connectivity index (χ3v) is 13.7. The zero-order valence-electron chi connectivity index (χ0n) is 50.4. The van der Waals surface area contributed by atoms with E-state index in [0.717, 1.165) is 116 Å². The maximum absolute atomic E-state index is 12.9.